The smallest absolute Gasteiger partial charge is 0.231 e. The van der Waals surface area contributed by atoms with Crippen LogP contribution >= 0.6 is 0 Å². The highest BCUT2D eigenvalue weighted by Crippen LogP contribution is 2.33. The fourth-order valence-corrected chi connectivity index (χ4v) is 1.74. The molecule has 0 atom stereocenters. The number of aliphatic imine (C=N–C) groups is 1. The van der Waals surface area contributed by atoms with Gasteiger partial charge in [0.15, 0.2) is 17.3 Å². The molecule has 1 aromatic rings. The zero-order chi connectivity index (χ0) is 13.8. The van der Waals surface area contributed by atoms with Gasteiger partial charge < -0.3 is 20.9 Å². The van der Waals surface area contributed by atoms with Crippen LogP contribution in [0.4, 0.5) is 0 Å². The van der Waals surface area contributed by atoms with E-state index in [1.54, 1.807) is 6.92 Å². The van der Waals surface area contributed by atoms with Gasteiger partial charge in [-0.3, -0.25) is 5.41 Å². The van der Waals surface area contributed by atoms with E-state index in [1.165, 1.54) is 6.20 Å². The second-order valence-electron chi connectivity index (χ2n) is 4.16. The summed E-state index contributed by atoms with van der Waals surface area (Å²) in [5.74, 6) is 1.84. The molecule has 5 N–H and O–H groups in total. The van der Waals surface area contributed by atoms with Crippen molar-refractivity contribution < 1.29 is 9.47 Å². The van der Waals surface area contributed by atoms with Crippen LogP contribution in [0.25, 0.3) is 0 Å². The number of hydrogen-bond donors (Lipinski definition) is 3. The molecule has 0 fully saturated rings. The fraction of sp³-hybridized carbons (Fsp3) is 0.231. The van der Waals surface area contributed by atoms with Crippen molar-refractivity contribution in [3.8, 4) is 11.5 Å². The van der Waals surface area contributed by atoms with Crippen LogP contribution in [0, 0.1) is 5.41 Å². The number of benzene rings is 1. The summed E-state index contributed by atoms with van der Waals surface area (Å²) < 4.78 is 10.5. The van der Waals surface area contributed by atoms with Gasteiger partial charge in [0.25, 0.3) is 0 Å². The molecule has 0 saturated carbocycles. The number of rotatable bonds is 3. The van der Waals surface area contributed by atoms with Gasteiger partial charge in [0.1, 0.15) is 0 Å². The van der Waals surface area contributed by atoms with Gasteiger partial charge >= 0.3 is 0 Å². The highest BCUT2D eigenvalue weighted by atomic mass is 16.7. The van der Waals surface area contributed by atoms with Crippen LogP contribution in [0.2, 0.25) is 0 Å². The molecule has 0 saturated heterocycles. The summed E-state index contributed by atoms with van der Waals surface area (Å²) in [6.45, 7) is 1.87. The summed E-state index contributed by atoms with van der Waals surface area (Å²) in [5.41, 5.74) is 12.6. The molecule has 1 aliphatic rings. The van der Waals surface area contributed by atoms with Crippen molar-refractivity contribution in [2.24, 2.45) is 16.5 Å². The minimum Gasteiger partial charge on any atom is -0.454 e. The average molecular weight is 260 g/mol. The molecule has 1 heterocycles. The summed E-state index contributed by atoms with van der Waals surface area (Å²) in [6.07, 6.45) is 1.86. The minimum absolute atomic E-state index is 0.0696. The minimum atomic E-state index is 0.0696. The van der Waals surface area contributed by atoms with Crippen LogP contribution in [-0.4, -0.2) is 18.5 Å². The Morgan fingerprint density at radius 1 is 1.42 bits per heavy atom. The second-order valence-corrected chi connectivity index (χ2v) is 4.16. The van der Waals surface area contributed by atoms with Gasteiger partial charge in [-0.15, -0.1) is 0 Å². The molecule has 0 aromatic heterocycles. The summed E-state index contributed by atoms with van der Waals surface area (Å²) in [5, 5.41) is 7.81. The summed E-state index contributed by atoms with van der Waals surface area (Å²) in [6, 6.07) is 5.62. The van der Waals surface area contributed by atoms with Crippen LogP contribution in [-0.2, 0) is 6.42 Å². The van der Waals surface area contributed by atoms with E-state index < -0.39 is 0 Å². The number of nitrogens with two attached hydrogens (primary N) is 2. The van der Waals surface area contributed by atoms with Gasteiger partial charge in [0.2, 0.25) is 6.79 Å². The number of nitrogens with zero attached hydrogens (tertiary/aromatic N) is 1. The van der Waals surface area contributed by atoms with Crippen molar-refractivity contribution in [3.63, 3.8) is 0 Å². The first-order valence-corrected chi connectivity index (χ1v) is 5.79. The third-order valence-electron chi connectivity index (χ3n) is 2.63. The third kappa shape index (κ3) is 3.04. The number of hydrogen-bond acceptors (Lipinski definition) is 4. The Morgan fingerprint density at radius 3 is 2.84 bits per heavy atom. The summed E-state index contributed by atoms with van der Waals surface area (Å²) in [7, 11) is 0. The maximum atomic E-state index is 7.81. The molecule has 2 rings (SSSR count). The largest absolute Gasteiger partial charge is 0.454 e. The maximum absolute atomic E-state index is 7.81. The molecule has 0 spiro atoms. The molecule has 0 aliphatic carbocycles. The summed E-state index contributed by atoms with van der Waals surface area (Å²) in [4.78, 5) is 3.89. The molecule has 0 radical (unpaired) electrons. The van der Waals surface area contributed by atoms with Crippen LogP contribution in [0.1, 0.15) is 12.5 Å². The van der Waals surface area contributed by atoms with Gasteiger partial charge in [-0.25, -0.2) is 4.99 Å². The van der Waals surface area contributed by atoms with Crippen LogP contribution in [0.5, 0.6) is 11.5 Å². The van der Waals surface area contributed by atoms with Gasteiger partial charge in [-0.1, -0.05) is 6.07 Å². The third-order valence-corrected chi connectivity index (χ3v) is 2.63. The lowest BCUT2D eigenvalue weighted by atomic mass is 10.0. The van der Waals surface area contributed by atoms with Crippen molar-refractivity contribution in [2.75, 3.05) is 6.79 Å². The highest BCUT2D eigenvalue weighted by molar-refractivity contribution is 6.03. The zero-order valence-corrected chi connectivity index (χ0v) is 10.6. The number of amidine groups is 2. The van der Waals surface area contributed by atoms with Gasteiger partial charge in [0, 0.05) is 18.2 Å². The van der Waals surface area contributed by atoms with E-state index in [4.69, 9.17) is 26.4 Å². The van der Waals surface area contributed by atoms with E-state index >= 15 is 0 Å². The maximum Gasteiger partial charge on any atom is 0.231 e. The molecule has 0 bridgehead atoms. The molecular formula is C13H16N4O2. The Morgan fingerprint density at radius 2 is 2.16 bits per heavy atom. The van der Waals surface area contributed by atoms with Crippen LogP contribution in [0.15, 0.2) is 35.0 Å². The molecule has 19 heavy (non-hydrogen) atoms. The van der Waals surface area contributed by atoms with Crippen molar-refractivity contribution >= 4 is 11.7 Å². The lowest BCUT2D eigenvalue weighted by Crippen LogP contribution is -2.12. The predicted molar refractivity (Wildman–Crippen MR) is 73.6 cm³/mol. The Labute approximate surface area is 111 Å². The lowest BCUT2D eigenvalue weighted by molar-refractivity contribution is 0.174. The normalized spacial score (nSPS) is 14.6. The van der Waals surface area contributed by atoms with Crippen molar-refractivity contribution in [2.45, 2.75) is 13.3 Å². The van der Waals surface area contributed by atoms with Crippen molar-refractivity contribution in [1.82, 2.24) is 0 Å². The quantitative estimate of drug-likeness (QED) is 0.559. The molecular weight excluding hydrogens is 244 g/mol. The van der Waals surface area contributed by atoms with Crippen molar-refractivity contribution in [1.29, 1.82) is 5.41 Å². The molecule has 1 aliphatic heterocycles. The van der Waals surface area contributed by atoms with Gasteiger partial charge in [-0.2, -0.15) is 0 Å². The molecule has 0 unspecified atom stereocenters. The summed E-state index contributed by atoms with van der Waals surface area (Å²) >= 11 is 0. The number of fused-ring (bicyclic) bond motifs is 1. The Kier molecular flexibility index (Phi) is 3.70. The zero-order valence-electron chi connectivity index (χ0n) is 10.6. The topological polar surface area (TPSA) is 107 Å². The molecule has 1 aromatic carbocycles. The number of ether oxygens (including phenoxy) is 2. The standard InChI is InChI=1S/C13H16N4O2/c1-8(15)17-13(16)10(6-14)4-9-2-3-11-12(5-9)19-7-18-11/h2-3,5-6H,4,7,14H2,1H3,(H3,15,16,17). The van der Waals surface area contributed by atoms with Crippen LogP contribution in [0.3, 0.4) is 0 Å². The Bertz CT molecular complexity index is 560. The number of nitrogens with one attached hydrogen (secondary N) is 1. The van der Waals surface area contributed by atoms with E-state index in [1.807, 2.05) is 18.2 Å². The van der Waals surface area contributed by atoms with Gasteiger partial charge in [-0.05, 0) is 24.6 Å². The average Bonchev–Trinajstić information content (AvgIpc) is 2.82. The SMILES string of the molecule is CC(N)=NC(=N)C(=CN)Cc1ccc2c(c1)OCO2. The second kappa shape index (κ2) is 5.43. The van der Waals surface area contributed by atoms with E-state index in [-0.39, 0.29) is 12.6 Å². The Balaban J connectivity index is 2.15. The Hall–Kier alpha value is -2.50. The van der Waals surface area contributed by atoms with Gasteiger partial charge in [0.05, 0.1) is 5.84 Å². The first-order chi connectivity index (χ1) is 9.10. The molecule has 6 heteroatoms. The molecule has 6 nitrogen and oxygen atoms in total. The first-order valence-electron chi connectivity index (χ1n) is 5.79. The molecule has 0 amide bonds. The first kappa shape index (κ1) is 12.9. The van der Waals surface area contributed by atoms with Crippen LogP contribution < -0.4 is 20.9 Å². The van der Waals surface area contributed by atoms with Crippen molar-refractivity contribution in [3.05, 3.63) is 35.5 Å². The van der Waals surface area contributed by atoms with E-state index in [2.05, 4.69) is 4.99 Å². The van der Waals surface area contributed by atoms with E-state index in [9.17, 15) is 0 Å². The lowest BCUT2D eigenvalue weighted by Gasteiger charge is -2.06. The molecule has 100 valence electrons. The van der Waals surface area contributed by atoms with E-state index in [0.717, 1.165) is 11.3 Å². The predicted octanol–water partition coefficient (Wildman–Crippen LogP) is 1.15. The van der Waals surface area contributed by atoms with E-state index in [0.29, 0.717) is 23.6 Å². The highest BCUT2D eigenvalue weighted by Gasteiger charge is 2.14. The monoisotopic (exact) mass is 260 g/mol. The fourth-order valence-electron chi connectivity index (χ4n) is 1.74.